The topological polar surface area (TPSA) is 54.4 Å². The van der Waals surface area contributed by atoms with E-state index >= 15 is 0 Å². The van der Waals surface area contributed by atoms with E-state index in [2.05, 4.69) is 0 Å². The van der Waals surface area contributed by atoms with Crippen molar-refractivity contribution in [2.75, 3.05) is 7.11 Å². The summed E-state index contributed by atoms with van der Waals surface area (Å²) in [5.41, 5.74) is 2.64. The summed E-state index contributed by atoms with van der Waals surface area (Å²) in [6.07, 6.45) is 1.84. The van der Waals surface area contributed by atoms with Gasteiger partial charge in [-0.15, -0.1) is 0 Å². The molecule has 17 heavy (non-hydrogen) atoms. The van der Waals surface area contributed by atoms with E-state index in [-0.39, 0.29) is 5.78 Å². The van der Waals surface area contributed by atoms with Crippen LogP contribution in [-0.2, 0) is 4.79 Å². The van der Waals surface area contributed by atoms with E-state index in [0.717, 1.165) is 23.8 Å². The van der Waals surface area contributed by atoms with E-state index in [9.17, 15) is 4.79 Å². The molecule has 1 rings (SSSR count). The fourth-order valence-corrected chi connectivity index (χ4v) is 1.17. The molecule has 1 N–H and O–H groups in total. The molecule has 0 aliphatic heterocycles. The second-order valence-corrected chi connectivity index (χ2v) is 3.12. The molecule has 0 aromatic heterocycles. The van der Waals surface area contributed by atoms with E-state index < -0.39 is 0 Å². The van der Waals surface area contributed by atoms with Gasteiger partial charge in [-0.1, -0.05) is 30.3 Å². The number of carbonyl (C=O) groups excluding carboxylic acids is 2. The third kappa shape index (κ3) is 5.78. The van der Waals surface area contributed by atoms with Crippen LogP contribution < -0.4 is 0 Å². The summed E-state index contributed by atoms with van der Waals surface area (Å²) < 4.78 is 0. The van der Waals surface area contributed by atoms with Gasteiger partial charge in [0.05, 0.1) is 0 Å². The zero-order chi connectivity index (χ0) is 13.8. The smallest absolute Gasteiger partial charge is 0.188 e. The van der Waals surface area contributed by atoms with Crippen LogP contribution in [0, 0.1) is 6.92 Å². The molecule has 3 nitrogen and oxygen atoms in total. The van der Waals surface area contributed by atoms with Gasteiger partial charge in [-0.25, -0.2) is 0 Å². The summed E-state index contributed by atoms with van der Waals surface area (Å²) in [5.74, 6) is 0.126. The number of aliphatic hydroxyl groups is 1. The first-order valence-electron chi connectivity index (χ1n) is 5.13. The van der Waals surface area contributed by atoms with Gasteiger partial charge in [0.15, 0.2) is 5.78 Å². The quantitative estimate of drug-likeness (QED) is 0.634. The molecule has 0 amide bonds. The van der Waals surface area contributed by atoms with Crippen molar-refractivity contribution in [3.8, 4) is 0 Å². The summed E-state index contributed by atoms with van der Waals surface area (Å²) in [6.45, 7) is 7.68. The number of aliphatic hydroxyl groups excluding tert-OH is 1. The molecule has 0 aliphatic rings. The SMILES string of the molecule is C/C=C(/C)C(=O)c1ccccc1C.C=O.CO. The number of carbonyl (C=O) groups is 2. The Bertz CT molecular complexity index is 367. The fourth-order valence-electron chi connectivity index (χ4n) is 1.17. The molecule has 3 heteroatoms. The van der Waals surface area contributed by atoms with Gasteiger partial charge in [-0.05, 0) is 31.9 Å². The lowest BCUT2D eigenvalue weighted by molar-refractivity contribution is -0.0979. The molecule has 0 bridgehead atoms. The highest BCUT2D eigenvalue weighted by Crippen LogP contribution is 2.12. The standard InChI is InChI=1S/C12H14O.CH4O.CH2O/c1-4-9(2)12(13)11-8-6-5-7-10(11)3;2*1-2/h4-8H,1-3H3;2H,1H3;1H2/b9-4-;;. The molecule has 1 aromatic rings. The molecule has 0 fully saturated rings. The molecule has 0 saturated heterocycles. The summed E-state index contributed by atoms with van der Waals surface area (Å²) in [7, 11) is 1.00. The first-order valence-corrected chi connectivity index (χ1v) is 5.13. The number of hydrogen-bond donors (Lipinski definition) is 1. The summed E-state index contributed by atoms with van der Waals surface area (Å²) in [6, 6.07) is 7.65. The molecule has 0 saturated carbocycles. The van der Waals surface area contributed by atoms with Crippen LogP contribution in [0.2, 0.25) is 0 Å². The Labute approximate surface area is 103 Å². The Morgan fingerprint density at radius 3 is 2.12 bits per heavy atom. The molecule has 0 spiro atoms. The van der Waals surface area contributed by atoms with Gasteiger partial charge in [0.1, 0.15) is 6.79 Å². The maximum Gasteiger partial charge on any atom is 0.188 e. The highest BCUT2D eigenvalue weighted by Gasteiger charge is 2.08. The van der Waals surface area contributed by atoms with Gasteiger partial charge in [0, 0.05) is 12.7 Å². The van der Waals surface area contributed by atoms with Crippen molar-refractivity contribution in [2.45, 2.75) is 20.8 Å². The van der Waals surface area contributed by atoms with E-state index in [1.165, 1.54) is 0 Å². The number of Topliss-reactive ketones (excluding diaryl/α,β-unsaturated/α-hetero) is 1. The Morgan fingerprint density at radius 2 is 1.71 bits per heavy atom. The third-order valence-electron chi connectivity index (χ3n) is 2.18. The first kappa shape index (κ1) is 17.6. The van der Waals surface area contributed by atoms with E-state index in [1.54, 1.807) is 0 Å². The Kier molecular flexibility index (Phi) is 11.2. The van der Waals surface area contributed by atoms with Crippen molar-refractivity contribution in [3.05, 3.63) is 47.0 Å². The molecule has 94 valence electrons. The predicted octanol–water partition coefficient (Wildman–Crippen LogP) is 2.57. The van der Waals surface area contributed by atoms with Crippen molar-refractivity contribution in [1.82, 2.24) is 0 Å². The van der Waals surface area contributed by atoms with Gasteiger partial charge in [0.25, 0.3) is 0 Å². The van der Waals surface area contributed by atoms with Gasteiger partial charge in [-0.2, -0.15) is 0 Å². The second kappa shape index (κ2) is 10.8. The van der Waals surface area contributed by atoms with Crippen LogP contribution in [0.4, 0.5) is 0 Å². The second-order valence-electron chi connectivity index (χ2n) is 3.12. The molecule has 0 unspecified atom stereocenters. The minimum atomic E-state index is 0.126. The monoisotopic (exact) mass is 236 g/mol. The minimum Gasteiger partial charge on any atom is -0.400 e. The molecule has 1 aromatic carbocycles. The number of ketones is 1. The summed E-state index contributed by atoms with van der Waals surface area (Å²) in [5, 5.41) is 7.00. The first-order chi connectivity index (χ1) is 8.16. The van der Waals surface area contributed by atoms with Crippen molar-refractivity contribution in [2.24, 2.45) is 0 Å². The van der Waals surface area contributed by atoms with Crippen molar-refractivity contribution < 1.29 is 14.7 Å². The Balaban J connectivity index is 0. The molecular formula is C14H20O3. The molecule has 0 aliphatic carbocycles. The summed E-state index contributed by atoms with van der Waals surface area (Å²) in [4.78, 5) is 19.7. The fraction of sp³-hybridized carbons (Fsp3) is 0.286. The number of benzene rings is 1. The number of allylic oxidation sites excluding steroid dienone is 2. The van der Waals surface area contributed by atoms with Gasteiger partial charge in [-0.3, -0.25) is 4.79 Å². The van der Waals surface area contributed by atoms with Crippen LogP contribution in [0.3, 0.4) is 0 Å². The molecule has 0 heterocycles. The highest BCUT2D eigenvalue weighted by atomic mass is 16.2. The van der Waals surface area contributed by atoms with Crippen LogP contribution in [0.1, 0.15) is 29.8 Å². The van der Waals surface area contributed by atoms with E-state index in [1.807, 2.05) is 57.9 Å². The minimum absolute atomic E-state index is 0.126. The van der Waals surface area contributed by atoms with E-state index in [4.69, 9.17) is 9.90 Å². The van der Waals surface area contributed by atoms with Crippen molar-refractivity contribution in [1.29, 1.82) is 0 Å². The van der Waals surface area contributed by atoms with Gasteiger partial charge >= 0.3 is 0 Å². The lowest BCUT2D eigenvalue weighted by atomic mass is 10.0. The maximum absolute atomic E-state index is 11.7. The zero-order valence-corrected chi connectivity index (χ0v) is 10.9. The molecular weight excluding hydrogens is 216 g/mol. The maximum atomic E-state index is 11.7. The zero-order valence-electron chi connectivity index (χ0n) is 10.9. The Morgan fingerprint density at radius 1 is 1.24 bits per heavy atom. The third-order valence-corrected chi connectivity index (χ3v) is 2.18. The largest absolute Gasteiger partial charge is 0.400 e. The Hall–Kier alpha value is -1.74. The van der Waals surface area contributed by atoms with Crippen LogP contribution in [0.15, 0.2) is 35.9 Å². The molecule has 0 atom stereocenters. The van der Waals surface area contributed by atoms with Crippen LogP contribution in [0.25, 0.3) is 0 Å². The highest BCUT2D eigenvalue weighted by molar-refractivity contribution is 6.09. The van der Waals surface area contributed by atoms with Crippen LogP contribution >= 0.6 is 0 Å². The number of rotatable bonds is 2. The lowest BCUT2D eigenvalue weighted by Gasteiger charge is -2.03. The predicted molar refractivity (Wildman–Crippen MR) is 70.2 cm³/mol. The van der Waals surface area contributed by atoms with Crippen molar-refractivity contribution >= 4 is 12.6 Å². The van der Waals surface area contributed by atoms with Crippen LogP contribution in [0.5, 0.6) is 0 Å². The summed E-state index contributed by atoms with van der Waals surface area (Å²) >= 11 is 0. The van der Waals surface area contributed by atoms with Gasteiger partial charge < -0.3 is 9.90 Å². The lowest BCUT2D eigenvalue weighted by Crippen LogP contribution is -2.02. The van der Waals surface area contributed by atoms with Crippen LogP contribution in [-0.4, -0.2) is 24.8 Å². The number of hydrogen-bond acceptors (Lipinski definition) is 3. The normalized spacial score (nSPS) is 9.35. The van der Waals surface area contributed by atoms with Gasteiger partial charge in [0.2, 0.25) is 0 Å². The average Bonchev–Trinajstić information content (AvgIpc) is 2.42. The van der Waals surface area contributed by atoms with Crippen molar-refractivity contribution in [3.63, 3.8) is 0 Å². The number of aryl methyl sites for hydroxylation is 1. The molecule has 0 radical (unpaired) electrons. The van der Waals surface area contributed by atoms with E-state index in [0.29, 0.717) is 0 Å². The average molecular weight is 236 g/mol.